The number of nitrogens with zero attached hydrogens (tertiary/aromatic N) is 2. The summed E-state index contributed by atoms with van der Waals surface area (Å²) in [5.74, 6) is 1.34. The van der Waals surface area contributed by atoms with Crippen LogP contribution in [0.5, 0.6) is 11.5 Å². The fraction of sp³-hybridized carbons (Fsp3) is 0.350. The van der Waals surface area contributed by atoms with Gasteiger partial charge >= 0.3 is 0 Å². The number of para-hydroxylation sites is 1. The van der Waals surface area contributed by atoms with Gasteiger partial charge in [-0.3, -0.25) is 9.69 Å². The van der Waals surface area contributed by atoms with Crippen molar-refractivity contribution in [2.24, 2.45) is 0 Å². The van der Waals surface area contributed by atoms with Crippen molar-refractivity contribution in [1.82, 2.24) is 4.90 Å². The first-order chi connectivity index (χ1) is 13.1. The standard InChI is InChI=1S/C20H22ClN3O3/c1-14(20(25)22-15-6-7-18-19(12-15)27-13-26-18)23-8-10-24(11-9-23)17-5-3-2-4-16(17)21/h2-7,12,14H,8-11,13H2,1H3,(H,22,25). The molecule has 0 aromatic heterocycles. The van der Waals surface area contributed by atoms with Crippen molar-refractivity contribution < 1.29 is 14.3 Å². The maximum absolute atomic E-state index is 12.7. The Morgan fingerprint density at radius 1 is 1.07 bits per heavy atom. The van der Waals surface area contributed by atoms with Crippen LogP contribution in [0.1, 0.15) is 6.92 Å². The molecule has 142 valence electrons. The molecule has 2 heterocycles. The molecule has 0 saturated carbocycles. The van der Waals surface area contributed by atoms with E-state index < -0.39 is 0 Å². The van der Waals surface area contributed by atoms with E-state index in [0.29, 0.717) is 17.2 Å². The smallest absolute Gasteiger partial charge is 0.241 e. The molecule has 7 heteroatoms. The minimum Gasteiger partial charge on any atom is -0.454 e. The molecule has 1 N–H and O–H groups in total. The van der Waals surface area contributed by atoms with Crippen LogP contribution in [0.3, 0.4) is 0 Å². The molecule has 1 atom stereocenters. The largest absolute Gasteiger partial charge is 0.454 e. The number of piperazine rings is 1. The molecule has 4 rings (SSSR count). The number of ether oxygens (including phenoxy) is 2. The Labute approximate surface area is 163 Å². The first kappa shape index (κ1) is 17.9. The molecule has 1 unspecified atom stereocenters. The normalized spacial score (nSPS) is 17.6. The van der Waals surface area contributed by atoms with E-state index in [-0.39, 0.29) is 18.7 Å². The van der Waals surface area contributed by atoms with Crippen LogP contribution in [0, 0.1) is 0 Å². The summed E-state index contributed by atoms with van der Waals surface area (Å²) in [5.41, 5.74) is 1.77. The number of fused-ring (bicyclic) bond motifs is 1. The number of amides is 1. The Kier molecular flexibility index (Phi) is 5.09. The Morgan fingerprint density at radius 3 is 2.59 bits per heavy atom. The number of hydrogen-bond donors (Lipinski definition) is 1. The zero-order chi connectivity index (χ0) is 18.8. The van der Waals surface area contributed by atoms with Gasteiger partial charge in [0.15, 0.2) is 11.5 Å². The molecule has 1 fully saturated rings. The summed E-state index contributed by atoms with van der Waals surface area (Å²) in [6.07, 6.45) is 0. The molecule has 2 aliphatic heterocycles. The predicted molar refractivity (Wildman–Crippen MR) is 106 cm³/mol. The molecule has 6 nitrogen and oxygen atoms in total. The van der Waals surface area contributed by atoms with Gasteiger partial charge in [0, 0.05) is 37.9 Å². The van der Waals surface area contributed by atoms with Gasteiger partial charge in [0.1, 0.15) is 0 Å². The highest BCUT2D eigenvalue weighted by Crippen LogP contribution is 2.34. The van der Waals surface area contributed by atoms with Gasteiger partial charge in [0.2, 0.25) is 12.7 Å². The molecule has 2 aromatic carbocycles. The van der Waals surface area contributed by atoms with Gasteiger partial charge in [0.25, 0.3) is 0 Å². The molecule has 0 radical (unpaired) electrons. The average molecular weight is 388 g/mol. The maximum Gasteiger partial charge on any atom is 0.241 e. The van der Waals surface area contributed by atoms with E-state index in [1.54, 1.807) is 6.07 Å². The molecule has 27 heavy (non-hydrogen) atoms. The van der Waals surface area contributed by atoms with Crippen molar-refractivity contribution in [2.45, 2.75) is 13.0 Å². The van der Waals surface area contributed by atoms with Crippen LogP contribution in [0.25, 0.3) is 0 Å². The number of carbonyl (C=O) groups excluding carboxylic acids is 1. The van der Waals surface area contributed by atoms with Crippen molar-refractivity contribution in [3.63, 3.8) is 0 Å². The van der Waals surface area contributed by atoms with Crippen LogP contribution >= 0.6 is 11.6 Å². The minimum atomic E-state index is -0.219. The monoisotopic (exact) mass is 387 g/mol. The summed E-state index contributed by atoms with van der Waals surface area (Å²) >= 11 is 6.30. The molecule has 1 saturated heterocycles. The second-order valence-electron chi connectivity index (χ2n) is 6.71. The fourth-order valence-electron chi connectivity index (χ4n) is 3.45. The van der Waals surface area contributed by atoms with Crippen molar-refractivity contribution >= 4 is 28.9 Å². The van der Waals surface area contributed by atoms with E-state index in [1.165, 1.54) is 0 Å². The molecule has 2 aromatic rings. The average Bonchev–Trinajstić information content (AvgIpc) is 3.16. The van der Waals surface area contributed by atoms with Crippen LogP contribution in [-0.2, 0) is 4.79 Å². The molecule has 0 aliphatic carbocycles. The molecular weight excluding hydrogens is 366 g/mol. The van der Waals surface area contributed by atoms with E-state index in [1.807, 2.05) is 43.3 Å². The minimum absolute atomic E-state index is 0.0277. The van der Waals surface area contributed by atoms with Gasteiger partial charge in [-0.1, -0.05) is 23.7 Å². The van der Waals surface area contributed by atoms with Crippen LogP contribution in [0.4, 0.5) is 11.4 Å². The highest BCUT2D eigenvalue weighted by atomic mass is 35.5. The third-order valence-corrected chi connectivity index (χ3v) is 5.39. The highest BCUT2D eigenvalue weighted by molar-refractivity contribution is 6.33. The number of halogens is 1. The third kappa shape index (κ3) is 3.82. The van der Waals surface area contributed by atoms with Crippen molar-refractivity contribution in [3.05, 3.63) is 47.5 Å². The number of hydrogen-bond acceptors (Lipinski definition) is 5. The lowest BCUT2D eigenvalue weighted by molar-refractivity contribution is -0.120. The van der Waals surface area contributed by atoms with E-state index in [0.717, 1.165) is 36.9 Å². The van der Waals surface area contributed by atoms with Crippen LogP contribution in [-0.4, -0.2) is 49.8 Å². The van der Waals surface area contributed by atoms with Crippen LogP contribution in [0.15, 0.2) is 42.5 Å². The fourth-order valence-corrected chi connectivity index (χ4v) is 3.70. The summed E-state index contributed by atoms with van der Waals surface area (Å²) in [4.78, 5) is 17.1. The van der Waals surface area contributed by atoms with Gasteiger partial charge in [-0.05, 0) is 31.2 Å². The van der Waals surface area contributed by atoms with Crippen molar-refractivity contribution in [3.8, 4) is 11.5 Å². The number of benzene rings is 2. The Morgan fingerprint density at radius 2 is 1.81 bits per heavy atom. The first-order valence-corrected chi connectivity index (χ1v) is 9.43. The topological polar surface area (TPSA) is 54.0 Å². The lowest BCUT2D eigenvalue weighted by atomic mass is 10.2. The molecule has 1 amide bonds. The first-order valence-electron chi connectivity index (χ1n) is 9.06. The zero-order valence-corrected chi connectivity index (χ0v) is 15.9. The van der Waals surface area contributed by atoms with Crippen LogP contribution in [0.2, 0.25) is 5.02 Å². The number of nitrogens with one attached hydrogen (secondary N) is 1. The highest BCUT2D eigenvalue weighted by Gasteiger charge is 2.26. The Balaban J connectivity index is 1.34. The van der Waals surface area contributed by atoms with Gasteiger partial charge < -0.3 is 19.7 Å². The molecule has 2 aliphatic rings. The van der Waals surface area contributed by atoms with Crippen LogP contribution < -0.4 is 19.7 Å². The summed E-state index contributed by atoms with van der Waals surface area (Å²) in [5, 5.41) is 3.73. The molecular formula is C20H22ClN3O3. The Bertz CT molecular complexity index is 837. The SMILES string of the molecule is CC(C(=O)Nc1ccc2c(c1)OCO2)N1CCN(c2ccccc2Cl)CC1. The second kappa shape index (κ2) is 7.66. The van der Waals surface area contributed by atoms with Gasteiger partial charge in [-0.15, -0.1) is 0 Å². The van der Waals surface area contributed by atoms with E-state index >= 15 is 0 Å². The zero-order valence-electron chi connectivity index (χ0n) is 15.2. The van der Waals surface area contributed by atoms with Gasteiger partial charge in [-0.25, -0.2) is 0 Å². The van der Waals surface area contributed by atoms with E-state index in [2.05, 4.69) is 15.1 Å². The summed E-state index contributed by atoms with van der Waals surface area (Å²) in [6.45, 7) is 5.45. The lowest BCUT2D eigenvalue weighted by Gasteiger charge is -2.38. The Hall–Kier alpha value is -2.44. The predicted octanol–water partition coefficient (Wildman–Crippen LogP) is 3.22. The van der Waals surface area contributed by atoms with Crippen molar-refractivity contribution in [2.75, 3.05) is 43.2 Å². The second-order valence-corrected chi connectivity index (χ2v) is 7.11. The number of anilines is 2. The summed E-state index contributed by atoms with van der Waals surface area (Å²) in [6, 6.07) is 13.1. The third-order valence-electron chi connectivity index (χ3n) is 5.07. The number of rotatable bonds is 4. The van der Waals surface area contributed by atoms with E-state index in [4.69, 9.17) is 21.1 Å². The quantitative estimate of drug-likeness (QED) is 0.873. The van der Waals surface area contributed by atoms with E-state index in [9.17, 15) is 4.79 Å². The molecule has 0 bridgehead atoms. The lowest BCUT2D eigenvalue weighted by Crippen LogP contribution is -2.52. The summed E-state index contributed by atoms with van der Waals surface area (Å²) in [7, 11) is 0. The summed E-state index contributed by atoms with van der Waals surface area (Å²) < 4.78 is 10.7. The number of carbonyl (C=O) groups is 1. The maximum atomic E-state index is 12.7. The van der Waals surface area contributed by atoms with Gasteiger partial charge in [-0.2, -0.15) is 0 Å². The van der Waals surface area contributed by atoms with Crippen molar-refractivity contribution in [1.29, 1.82) is 0 Å². The molecule has 0 spiro atoms. The van der Waals surface area contributed by atoms with Gasteiger partial charge in [0.05, 0.1) is 16.8 Å².